The van der Waals surface area contributed by atoms with Crippen LogP contribution >= 0.6 is 23.4 Å². The normalized spacial score (nSPS) is 11.1. The Bertz CT molecular complexity index is 1020. The third-order valence-electron chi connectivity index (χ3n) is 3.89. The summed E-state index contributed by atoms with van der Waals surface area (Å²) in [6.45, 7) is 4.49. The van der Waals surface area contributed by atoms with Gasteiger partial charge in [-0.15, -0.1) is 16.8 Å². The van der Waals surface area contributed by atoms with Gasteiger partial charge in [0.15, 0.2) is 11.0 Å². The Morgan fingerprint density at radius 2 is 1.96 bits per heavy atom. The van der Waals surface area contributed by atoms with Gasteiger partial charge in [0.25, 0.3) is 0 Å². The smallest absolute Gasteiger partial charge is 0.192 e. The molecule has 130 valence electrons. The first kappa shape index (κ1) is 16.9. The number of hydrogen-bond acceptors (Lipinski definition) is 4. The third kappa shape index (κ3) is 3.38. The molecular formula is C19H16ClN5S. The summed E-state index contributed by atoms with van der Waals surface area (Å²) in [5.74, 6) is 1.52. The summed E-state index contributed by atoms with van der Waals surface area (Å²) in [7, 11) is 0. The highest BCUT2D eigenvalue weighted by Gasteiger charge is 2.14. The van der Waals surface area contributed by atoms with Gasteiger partial charge in [0.05, 0.1) is 5.69 Å². The van der Waals surface area contributed by atoms with Gasteiger partial charge in [-0.3, -0.25) is 4.57 Å². The standard InChI is InChI=1S/C19H16ClN5S/c1-2-10-25-18(14-6-8-15(20)9-7-14)22-23-19(25)26-13-16-12-24-11-4-3-5-17(24)21-16/h2-9,11-12H,1,10,13H2. The Morgan fingerprint density at radius 3 is 2.73 bits per heavy atom. The summed E-state index contributed by atoms with van der Waals surface area (Å²) < 4.78 is 4.07. The monoisotopic (exact) mass is 381 g/mol. The van der Waals surface area contributed by atoms with Crippen molar-refractivity contribution in [3.05, 3.63) is 78.2 Å². The Morgan fingerprint density at radius 1 is 1.12 bits per heavy atom. The zero-order chi connectivity index (χ0) is 17.9. The van der Waals surface area contributed by atoms with E-state index >= 15 is 0 Å². The number of rotatable bonds is 6. The first-order valence-electron chi connectivity index (χ1n) is 8.10. The first-order valence-corrected chi connectivity index (χ1v) is 9.46. The van der Waals surface area contributed by atoms with Crippen LogP contribution in [0.3, 0.4) is 0 Å². The fourth-order valence-electron chi connectivity index (χ4n) is 2.70. The van der Waals surface area contributed by atoms with Crippen molar-refractivity contribution >= 4 is 29.0 Å². The molecule has 0 radical (unpaired) electrons. The van der Waals surface area contributed by atoms with Crippen molar-refractivity contribution in [1.29, 1.82) is 0 Å². The molecule has 0 unspecified atom stereocenters. The molecule has 0 aliphatic heterocycles. The van der Waals surface area contributed by atoms with Crippen LogP contribution in [0.1, 0.15) is 5.69 Å². The summed E-state index contributed by atoms with van der Waals surface area (Å²) >= 11 is 7.60. The van der Waals surface area contributed by atoms with Gasteiger partial charge in [-0.2, -0.15) is 0 Å². The maximum atomic E-state index is 5.98. The molecule has 4 aromatic rings. The second kappa shape index (κ2) is 7.35. The van der Waals surface area contributed by atoms with Crippen LogP contribution < -0.4 is 0 Å². The van der Waals surface area contributed by atoms with Crippen molar-refractivity contribution in [3.8, 4) is 11.4 Å². The molecule has 0 fully saturated rings. The number of hydrogen-bond donors (Lipinski definition) is 0. The van der Waals surface area contributed by atoms with Crippen LogP contribution in [0.2, 0.25) is 5.02 Å². The highest BCUT2D eigenvalue weighted by atomic mass is 35.5. The summed E-state index contributed by atoms with van der Waals surface area (Å²) in [5.41, 5.74) is 2.92. The molecule has 3 heterocycles. The van der Waals surface area contributed by atoms with Crippen molar-refractivity contribution in [3.63, 3.8) is 0 Å². The number of allylic oxidation sites excluding steroid dienone is 1. The van der Waals surface area contributed by atoms with Crippen LogP contribution in [0.25, 0.3) is 17.0 Å². The molecule has 7 heteroatoms. The first-order chi connectivity index (χ1) is 12.7. The summed E-state index contributed by atoms with van der Waals surface area (Å²) in [6, 6.07) is 13.6. The second-order valence-electron chi connectivity index (χ2n) is 5.70. The molecule has 4 rings (SSSR count). The number of pyridine rings is 1. The molecule has 0 saturated heterocycles. The quantitative estimate of drug-likeness (QED) is 0.358. The molecule has 3 aromatic heterocycles. The van der Waals surface area contributed by atoms with Gasteiger partial charge in [-0.1, -0.05) is 35.5 Å². The molecule has 0 atom stereocenters. The van der Waals surface area contributed by atoms with Crippen molar-refractivity contribution in [1.82, 2.24) is 24.1 Å². The number of thioether (sulfide) groups is 1. The fraction of sp³-hybridized carbons (Fsp3) is 0.105. The zero-order valence-corrected chi connectivity index (χ0v) is 15.5. The van der Waals surface area contributed by atoms with E-state index in [1.165, 1.54) is 0 Å². The van der Waals surface area contributed by atoms with E-state index in [9.17, 15) is 0 Å². The molecule has 5 nitrogen and oxygen atoms in total. The van der Waals surface area contributed by atoms with E-state index in [1.54, 1.807) is 11.8 Å². The number of halogens is 1. The minimum absolute atomic E-state index is 0.637. The maximum absolute atomic E-state index is 5.98. The number of nitrogens with zero attached hydrogens (tertiary/aromatic N) is 5. The lowest BCUT2D eigenvalue weighted by atomic mass is 10.2. The van der Waals surface area contributed by atoms with E-state index in [-0.39, 0.29) is 0 Å². The van der Waals surface area contributed by atoms with Crippen LogP contribution in [0, 0.1) is 0 Å². The Kier molecular flexibility index (Phi) is 4.77. The van der Waals surface area contributed by atoms with Crippen LogP contribution in [-0.4, -0.2) is 24.1 Å². The number of fused-ring (bicyclic) bond motifs is 1. The largest absolute Gasteiger partial charge is 0.307 e. The summed E-state index contributed by atoms with van der Waals surface area (Å²) in [6.07, 6.45) is 5.88. The predicted octanol–water partition coefficient (Wildman–Crippen LogP) is 4.72. The zero-order valence-electron chi connectivity index (χ0n) is 13.9. The molecule has 1 aromatic carbocycles. The average molecular weight is 382 g/mol. The lowest BCUT2D eigenvalue weighted by Crippen LogP contribution is -2.00. The van der Waals surface area contributed by atoms with E-state index in [0.29, 0.717) is 11.6 Å². The van der Waals surface area contributed by atoms with Gasteiger partial charge in [0, 0.05) is 35.3 Å². The van der Waals surface area contributed by atoms with E-state index in [2.05, 4.69) is 26.3 Å². The molecule has 0 amide bonds. The van der Waals surface area contributed by atoms with Gasteiger partial charge >= 0.3 is 0 Å². The van der Waals surface area contributed by atoms with Crippen LogP contribution in [-0.2, 0) is 12.3 Å². The molecule has 0 aliphatic rings. The lowest BCUT2D eigenvalue weighted by Gasteiger charge is -2.07. The van der Waals surface area contributed by atoms with E-state index in [4.69, 9.17) is 11.6 Å². The van der Waals surface area contributed by atoms with E-state index in [1.807, 2.05) is 65.3 Å². The van der Waals surface area contributed by atoms with Gasteiger partial charge in [-0.25, -0.2) is 4.98 Å². The number of benzene rings is 1. The van der Waals surface area contributed by atoms with E-state index in [0.717, 1.165) is 33.6 Å². The second-order valence-corrected chi connectivity index (χ2v) is 7.08. The summed E-state index contributed by atoms with van der Waals surface area (Å²) in [4.78, 5) is 4.63. The average Bonchev–Trinajstić information content (AvgIpc) is 3.25. The summed E-state index contributed by atoms with van der Waals surface area (Å²) in [5, 5.41) is 10.3. The number of aromatic nitrogens is 5. The maximum Gasteiger partial charge on any atom is 0.192 e. The van der Waals surface area contributed by atoms with E-state index < -0.39 is 0 Å². The van der Waals surface area contributed by atoms with Gasteiger partial charge < -0.3 is 4.40 Å². The van der Waals surface area contributed by atoms with Gasteiger partial charge in [0.1, 0.15) is 5.65 Å². The minimum Gasteiger partial charge on any atom is -0.307 e. The van der Waals surface area contributed by atoms with Crippen molar-refractivity contribution < 1.29 is 0 Å². The highest BCUT2D eigenvalue weighted by molar-refractivity contribution is 7.98. The van der Waals surface area contributed by atoms with Crippen molar-refractivity contribution in [2.45, 2.75) is 17.5 Å². The van der Waals surface area contributed by atoms with Gasteiger partial charge in [-0.05, 0) is 36.4 Å². The predicted molar refractivity (Wildman–Crippen MR) is 105 cm³/mol. The number of imidazole rings is 1. The lowest BCUT2D eigenvalue weighted by molar-refractivity contribution is 0.731. The molecule has 0 saturated carbocycles. The molecule has 26 heavy (non-hydrogen) atoms. The van der Waals surface area contributed by atoms with Crippen LogP contribution in [0.15, 0.2) is 72.7 Å². The molecule has 0 spiro atoms. The topological polar surface area (TPSA) is 48.0 Å². The highest BCUT2D eigenvalue weighted by Crippen LogP contribution is 2.27. The molecule has 0 aliphatic carbocycles. The SMILES string of the molecule is C=CCn1c(SCc2cn3ccccc3n2)nnc1-c1ccc(Cl)cc1. The molecule has 0 bridgehead atoms. The Balaban J connectivity index is 1.59. The molecule has 0 N–H and O–H groups in total. The van der Waals surface area contributed by atoms with Crippen molar-refractivity contribution in [2.75, 3.05) is 0 Å². The molecular weight excluding hydrogens is 366 g/mol. The fourth-order valence-corrected chi connectivity index (χ4v) is 3.65. The van der Waals surface area contributed by atoms with Crippen molar-refractivity contribution in [2.24, 2.45) is 0 Å². The minimum atomic E-state index is 0.637. The Labute approximate surface area is 160 Å². The van der Waals surface area contributed by atoms with Crippen LogP contribution in [0.4, 0.5) is 0 Å². The van der Waals surface area contributed by atoms with Crippen LogP contribution in [0.5, 0.6) is 0 Å². The van der Waals surface area contributed by atoms with Gasteiger partial charge in [0.2, 0.25) is 0 Å². The third-order valence-corrected chi connectivity index (χ3v) is 5.15. The Hall–Kier alpha value is -2.57.